The number of fused-ring (bicyclic) bond motifs is 1. The van der Waals surface area contributed by atoms with Crippen molar-refractivity contribution < 1.29 is 9.18 Å². The number of nitrogens with zero attached hydrogens (tertiary/aromatic N) is 2. The third-order valence-corrected chi connectivity index (χ3v) is 5.53. The van der Waals surface area contributed by atoms with Gasteiger partial charge in [-0.2, -0.15) is 0 Å². The van der Waals surface area contributed by atoms with Gasteiger partial charge in [-0.1, -0.05) is 29.8 Å². The van der Waals surface area contributed by atoms with Gasteiger partial charge in [-0.3, -0.25) is 9.78 Å². The van der Waals surface area contributed by atoms with Crippen molar-refractivity contribution in [1.82, 2.24) is 4.98 Å². The predicted molar refractivity (Wildman–Crippen MR) is 114 cm³/mol. The van der Waals surface area contributed by atoms with Crippen molar-refractivity contribution in [2.24, 2.45) is 5.73 Å². The Labute approximate surface area is 174 Å². The molecule has 0 unspecified atom stereocenters. The van der Waals surface area contributed by atoms with E-state index in [1.807, 2.05) is 48.3 Å². The monoisotopic (exact) mass is 409 g/mol. The number of anilines is 2. The van der Waals surface area contributed by atoms with E-state index in [9.17, 15) is 9.18 Å². The SMILES string of the molecule is CN(c1ccc(CC(N)=O)c(F)c1)c1cc(-c2cccc(Cl)c2)nc2c1CCC2. The number of carbonyl (C=O) groups is 1. The van der Waals surface area contributed by atoms with Crippen molar-refractivity contribution in [3.8, 4) is 11.3 Å². The molecule has 0 aliphatic heterocycles. The number of amides is 1. The van der Waals surface area contributed by atoms with Crippen molar-refractivity contribution in [2.45, 2.75) is 25.7 Å². The molecule has 1 heterocycles. The molecule has 0 fully saturated rings. The minimum Gasteiger partial charge on any atom is -0.369 e. The summed E-state index contributed by atoms with van der Waals surface area (Å²) in [6.45, 7) is 0. The molecule has 148 valence electrons. The second-order valence-corrected chi connectivity index (χ2v) is 7.73. The number of hydrogen-bond acceptors (Lipinski definition) is 3. The molecule has 0 radical (unpaired) electrons. The summed E-state index contributed by atoms with van der Waals surface area (Å²) in [4.78, 5) is 17.9. The molecule has 0 spiro atoms. The van der Waals surface area contributed by atoms with Crippen LogP contribution >= 0.6 is 11.6 Å². The van der Waals surface area contributed by atoms with E-state index in [2.05, 4.69) is 0 Å². The lowest BCUT2D eigenvalue weighted by Gasteiger charge is -2.24. The maximum atomic E-state index is 14.5. The molecule has 2 aromatic carbocycles. The Bertz CT molecular complexity index is 1100. The van der Waals surface area contributed by atoms with Crippen molar-refractivity contribution >= 4 is 28.9 Å². The summed E-state index contributed by atoms with van der Waals surface area (Å²) in [6, 6.07) is 14.5. The molecule has 0 saturated heterocycles. The van der Waals surface area contributed by atoms with Gasteiger partial charge in [0.2, 0.25) is 5.91 Å². The molecule has 1 aliphatic carbocycles. The number of halogens is 2. The Morgan fingerprint density at radius 3 is 2.76 bits per heavy atom. The van der Waals surface area contributed by atoms with Crippen molar-refractivity contribution in [3.05, 3.63) is 76.2 Å². The van der Waals surface area contributed by atoms with Crippen LogP contribution in [0, 0.1) is 5.82 Å². The first-order valence-electron chi connectivity index (χ1n) is 9.51. The van der Waals surface area contributed by atoms with Crippen LogP contribution in [-0.2, 0) is 24.1 Å². The van der Waals surface area contributed by atoms with E-state index in [4.69, 9.17) is 22.3 Å². The van der Waals surface area contributed by atoms with Crippen LogP contribution in [-0.4, -0.2) is 17.9 Å². The highest BCUT2D eigenvalue weighted by Crippen LogP contribution is 2.37. The number of nitrogens with two attached hydrogens (primary N) is 1. The Morgan fingerprint density at radius 1 is 1.21 bits per heavy atom. The van der Waals surface area contributed by atoms with Gasteiger partial charge in [-0.15, -0.1) is 0 Å². The van der Waals surface area contributed by atoms with Crippen LogP contribution in [0.1, 0.15) is 23.2 Å². The number of benzene rings is 2. The number of aromatic nitrogens is 1. The zero-order valence-electron chi connectivity index (χ0n) is 16.1. The van der Waals surface area contributed by atoms with E-state index >= 15 is 0 Å². The first-order chi connectivity index (χ1) is 13.9. The molecule has 0 bridgehead atoms. The maximum absolute atomic E-state index is 14.5. The standard InChI is InChI=1S/C23H21ClFN3O/c1-28(17-9-8-14(11-23(26)29)19(25)12-17)22-13-21(15-4-2-5-16(24)10-15)27-20-7-3-6-18(20)22/h2,4-5,8-10,12-13H,3,6-7,11H2,1H3,(H2,26,29). The first-order valence-corrected chi connectivity index (χ1v) is 9.89. The summed E-state index contributed by atoms with van der Waals surface area (Å²) in [5.41, 5.74) is 11.3. The molecule has 4 nitrogen and oxygen atoms in total. The van der Waals surface area contributed by atoms with E-state index in [-0.39, 0.29) is 6.42 Å². The molecular weight excluding hydrogens is 389 g/mol. The topological polar surface area (TPSA) is 59.2 Å². The number of pyridine rings is 1. The zero-order valence-corrected chi connectivity index (χ0v) is 16.8. The number of carbonyl (C=O) groups excluding carboxylic acids is 1. The van der Waals surface area contributed by atoms with Gasteiger partial charge in [-0.25, -0.2) is 4.39 Å². The van der Waals surface area contributed by atoms with Gasteiger partial charge in [0.25, 0.3) is 0 Å². The molecule has 3 aromatic rings. The average Bonchev–Trinajstić information content (AvgIpc) is 3.16. The van der Waals surface area contributed by atoms with Gasteiger partial charge in [-0.05, 0) is 60.7 Å². The van der Waals surface area contributed by atoms with Crippen LogP contribution in [0.4, 0.5) is 15.8 Å². The van der Waals surface area contributed by atoms with Gasteiger partial charge in [0.15, 0.2) is 0 Å². The second-order valence-electron chi connectivity index (χ2n) is 7.29. The first kappa shape index (κ1) is 19.4. The quantitative estimate of drug-likeness (QED) is 0.656. The number of rotatable bonds is 5. The fourth-order valence-electron chi connectivity index (χ4n) is 3.83. The van der Waals surface area contributed by atoms with Crippen LogP contribution < -0.4 is 10.6 Å². The van der Waals surface area contributed by atoms with Gasteiger partial charge in [0.1, 0.15) is 5.82 Å². The smallest absolute Gasteiger partial charge is 0.221 e. The van der Waals surface area contributed by atoms with Crippen LogP contribution in [0.25, 0.3) is 11.3 Å². The Hall–Kier alpha value is -2.92. The van der Waals surface area contributed by atoms with E-state index in [0.717, 1.165) is 41.9 Å². The lowest BCUT2D eigenvalue weighted by atomic mass is 10.1. The van der Waals surface area contributed by atoms with Gasteiger partial charge in [0, 0.05) is 34.7 Å². The lowest BCUT2D eigenvalue weighted by Crippen LogP contribution is -2.16. The predicted octanol–water partition coefficient (Wildman–Crippen LogP) is 4.83. The molecule has 0 saturated carbocycles. The summed E-state index contributed by atoms with van der Waals surface area (Å²) >= 11 is 6.17. The molecule has 0 atom stereocenters. The van der Waals surface area contributed by atoms with Gasteiger partial charge in [0.05, 0.1) is 12.1 Å². The highest BCUT2D eigenvalue weighted by Gasteiger charge is 2.22. The summed E-state index contributed by atoms with van der Waals surface area (Å²) < 4.78 is 14.5. The van der Waals surface area contributed by atoms with Gasteiger partial charge < -0.3 is 10.6 Å². The highest BCUT2D eigenvalue weighted by molar-refractivity contribution is 6.30. The molecule has 29 heavy (non-hydrogen) atoms. The molecule has 1 aliphatic rings. The van der Waals surface area contributed by atoms with Crippen molar-refractivity contribution in [2.75, 3.05) is 11.9 Å². The number of aryl methyl sites for hydroxylation is 1. The van der Waals surface area contributed by atoms with E-state index in [1.165, 1.54) is 11.6 Å². The summed E-state index contributed by atoms with van der Waals surface area (Å²) in [5.74, 6) is -0.989. The number of primary amides is 1. The van der Waals surface area contributed by atoms with E-state index in [0.29, 0.717) is 16.3 Å². The molecule has 1 amide bonds. The summed E-state index contributed by atoms with van der Waals surface area (Å²) in [5, 5.41) is 0.659. The highest BCUT2D eigenvalue weighted by atomic mass is 35.5. The molecule has 2 N–H and O–H groups in total. The normalized spacial score (nSPS) is 12.7. The summed E-state index contributed by atoms with van der Waals surface area (Å²) in [6.07, 6.45) is 2.81. The summed E-state index contributed by atoms with van der Waals surface area (Å²) in [7, 11) is 1.91. The van der Waals surface area contributed by atoms with Crippen molar-refractivity contribution in [1.29, 1.82) is 0 Å². The average molecular weight is 410 g/mol. The largest absolute Gasteiger partial charge is 0.369 e. The van der Waals surface area contributed by atoms with Crippen LogP contribution in [0.5, 0.6) is 0 Å². The lowest BCUT2D eigenvalue weighted by molar-refractivity contribution is -0.117. The minimum absolute atomic E-state index is 0.112. The Kier molecular flexibility index (Phi) is 5.24. The maximum Gasteiger partial charge on any atom is 0.221 e. The third kappa shape index (κ3) is 3.96. The zero-order chi connectivity index (χ0) is 20.5. The van der Waals surface area contributed by atoms with Crippen LogP contribution in [0.15, 0.2) is 48.5 Å². The van der Waals surface area contributed by atoms with Gasteiger partial charge >= 0.3 is 0 Å². The third-order valence-electron chi connectivity index (χ3n) is 5.30. The van der Waals surface area contributed by atoms with E-state index < -0.39 is 11.7 Å². The van der Waals surface area contributed by atoms with Crippen LogP contribution in [0.2, 0.25) is 5.02 Å². The Balaban J connectivity index is 1.76. The second kappa shape index (κ2) is 7.84. The fraction of sp³-hybridized carbons (Fsp3) is 0.217. The Morgan fingerprint density at radius 2 is 2.03 bits per heavy atom. The minimum atomic E-state index is -0.553. The fourth-order valence-corrected chi connectivity index (χ4v) is 4.02. The van der Waals surface area contributed by atoms with Crippen molar-refractivity contribution in [3.63, 3.8) is 0 Å². The molecule has 1 aromatic heterocycles. The molecule has 6 heteroatoms. The molecule has 4 rings (SSSR count). The number of hydrogen-bond donors (Lipinski definition) is 1. The van der Waals surface area contributed by atoms with E-state index in [1.54, 1.807) is 6.07 Å². The molecular formula is C23H21ClFN3O. The van der Waals surface area contributed by atoms with Crippen LogP contribution in [0.3, 0.4) is 0 Å².